The van der Waals surface area contributed by atoms with Crippen LogP contribution in [0.2, 0.25) is 0 Å². The van der Waals surface area contributed by atoms with E-state index in [-0.39, 0.29) is 0 Å². The smallest absolute Gasteiger partial charge is 0.115 e. The van der Waals surface area contributed by atoms with E-state index in [4.69, 9.17) is 0 Å². The molecule has 2 rings (SSSR count). The van der Waals surface area contributed by atoms with Gasteiger partial charge in [-0.25, -0.2) is 4.98 Å². The number of pyridine rings is 1. The summed E-state index contributed by atoms with van der Waals surface area (Å²) in [7, 11) is 0. The maximum absolute atomic E-state index is 4.18. The topological polar surface area (TPSA) is 38.7 Å². The highest BCUT2D eigenvalue weighted by Gasteiger charge is 1.98. The molecule has 2 heterocycles. The van der Waals surface area contributed by atoms with Gasteiger partial charge < -0.3 is 0 Å². The summed E-state index contributed by atoms with van der Waals surface area (Å²) in [6.45, 7) is 0. The first-order chi connectivity index (χ1) is 7.34. The Bertz CT molecular complexity index is 436. The highest BCUT2D eigenvalue weighted by atomic mass is 79.9. The zero-order valence-corrected chi connectivity index (χ0v) is 10.2. The van der Waals surface area contributed by atoms with Crippen LogP contribution in [0.5, 0.6) is 0 Å². The third-order valence-electron chi connectivity index (χ3n) is 1.69. The highest BCUT2D eigenvalue weighted by molar-refractivity contribution is 9.10. The van der Waals surface area contributed by atoms with Gasteiger partial charge in [0.2, 0.25) is 0 Å². The number of hydrogen-bond acceptors (Lipinski definition) is 4. The number of hydrogen-bond donors (Lipinski definition) is 0. The molecule has 2 aromatic heterocycles. The molecule has 5 heteroatoms. The van der Waals surface area contributed by atoms with Crippen LogP contribution in [-0.4, -0.2) is 15.0 Å². The quantitative estimate of drug-likeness (QED) is 0.811. The van der Waals surface area contributed by atoms with Gasteiger partial charge in [-0.15, -0.1) is 11.8 Å². The lowest BCUT2D eigenvalue weighted by atomic mass is 10.3. The predicted octanol–water partition coefficient (Wildman–Crippen LogP) is 2.93. The molecule has 0 atom stereocenters. The van der Waals surface area contributed by atoms with Crippen molar-refractivity contribution in [1.29, 1.82) is 0 Å². The molecule has 0 amide bonds. The minimum Gasteiger partial charge on any atom is -0.263 e. The minimum absolute atomic E-state index is 0.852. The lowest BCUT2D eigenvalue weighted by molar-refractivity contribution is 1.05. The number of aromatic nitrogens is 3. The molecule has 0 bridgehead atoms. The van der Waals surface area contributed by atoms with E-state index in [2.05, 4.69) is 36.9 Å². The molecule has 15 heavy (non-hydrogen) atoms. The molecule has 0 aliphatic rings. The first-order valence-electron chi connectivity index (χ1n) is 4.33. The van der Waals surface area contributed by atoms with E-state index in [0.29, 0.717) is 0 Å². The van der Waals surface area contributed by atoms with Crippen LogP contribution in [0.3, 0.4) is 0 Å². The normalized spacial score (nSPS) is 10.2. The summed E-state index contributed by atoms with van der Waals surface area (Å²) >= 11 is 5.04. The lowest BCUT2D eigenvalue weighted by Crippen LogP contribution is -1.85. The summed E-state index contributed by atoms with van der Waals surface area (Å²) in [6, 6.07) is 2.05. The third kappa shape index (κ3) is 3.28. The van der Waals surface area contributed by atoms with Crippen LogP contribution < -0.4 is 0 Å². The van der Waals surface area contributed by atoms with Crippen LogP contribution >= 0.6 is 27.7 Å². The fourth-order valence-corrected chi connectivity index (χ4v) is 2.21. The first-order valence-corrected chi connectivity index (χ1v) is 6.11. The first kappa shape index (κ1) is 10.6. The molecule has 3 nitrogen and oxygen atoms in total. The molecule has 0 aliphatic heterocycles. The Hall–Kier alpha value is -0.940. The molecular formula is C10H8BrN3S. The van der Waals surface area contributed by atoms with Crippen LogP contribution in [0.25, 0.3) is 0 Å². The molecule has 0 radical (unpaired) electrons. The minimum atomic E-state index is 0.852. The maximum atomic E-state index is 4.18. The number of rotatable bonds is 3. The van der Waals surface area contributed by atoms with Crippen molar-refractivity contribution in [3.05, 3.63) is 47.1 Å². The van der Waals surface area contributed by atoms with Crippen molar-refractivity contribution in [3.8, 4) is 0 Å². The largest absolute Gasteiger partial charge is 0.263 e. The Labute approximate surface area is 101 Å². The van der Waals surface area contributed by atoms with Crippen molar-refractivity contribution in [2.75, 3.05) is 0 Å². The van der Waals surface area contributed by atoms with Gasteiger partial charge in [-0.2, -0.15) is 0 Å². The molecule has 0 saturated carbocycles. The van der Waals surface area contributed by atoms with Crippen LogP contribution in [0.15, 0.2) is 46.5 Å². The Morgan fingerprint density at radius 2 is 2.07 bits per heavy atom. The fraction of sp³-hybridized carbons (Fsp3) is 0.100. The molecular weight excluding hydrogens is 274 g/mol. The number of thioether (sulfide) groups is 1. The van der Waals surface area contributed by atoms with E-state index < -0.39 is 0 Å². The van der Waals surface area contributed by atoms with Gasteiger partial charge in [0.05, 0.1) is 6.20 Å². The van der Waals surface area contributed by atoms with Gasteiger partial charge in [0.15, 0.2) is 0 Å². The van der Waals surface area contributed by atoms with Gasteiger partial charge in [0.1, 0.15) is 5.03 Å². The van der Waals surface area contributed by atoms with Gasteiger partial charge >= 0.3 is 0 Å². The van der Waals surface area contributed by atoms with Crippen LogP contribution in [-0.2, 0) is 5.75 Å². The average Bonchev–Trinajstić information content (AvgIpc) is 2.28. The van der Waals surface area contributed by atoms with Crippen LogP contribution in [0, 0.1) is 0 Å². The summed E-state index contributed by atoms with van der Waals surface area (Å²) in [4.78, 5) is 12.3. The molecule has 0 aromatic carbocycles. The van der Waals surface area contributed by atoms with Gasteiger partial charge in [-0.3, -0.25) is 9.97 Å². The Kier molecular flexibility index (Phi) is 3.69. The van der Waals surface area contributed by atoms with Crippen molar-refractivity contribution >= 4 is 27.7 Å². The molecule has 0 saturated heterocycles. The molecule has 0 aliphatic carbocycles. The van der Waals surface area contributed by atoms with Crippen LogP contribution in [0.1, 0.15) is 5.56 Å². The van der Waals surface area contributed by atoms with Crippen molar-refractivity contribution in [1.82, 2.24) is 15.0 Å². The highest BCUT2D eigenvalue weighted by Crippen LogP contribution is 2.20. The second-order valence-electron chi connectivity index (χ2n) is 2.84. The predicted molar refractivity (Wildman–Crippen MR) is 63.5 cm³/mol. The average molecular weight is 282 g/mol. The standard InChI is InChI=1S/C10H8BrN3S/c11-9-3-8(4-13-5-9)7-15-10-6-12-1-2-14-10/h1-6H,7H2. The fourth-order valence-electron chi connectivity index (χ4n) is 1.05. The molecule has 0 spiro atoms. The van der Waals surface area contributed by atoms with E-state index >= 15 is 0 Å². The van der Waals surface area contributed by atoms with Crippen molar-refractivity contribution in [2.24, 2.45) is 0 Å². The zero-order valence-electron chi connectivity index (χ0n) is 7.80. The van der Waals surface area contributed by atoms with E-state index in [9.17, 15) is 0 Å². The monoisotopic (exact) mass is 281 g/mol. The van der Waals surface area contributed by atoms with Crippen molar-refractivity contribution in [2.45, 2.75) is 10.8 Å². The van der Waals surface area contributed by atoms with Crippen molar-refractivity contribution < 1.29 is 0 Å². The second kappa shape index (κ2) is 5.23. The van der Waals surface area contributed by atoms with Gasteiger partial charge in [0.25, 0.3) is 0 Å². The van der Waals surface area contributed by atoms with Gasteiger partial charge in [0, 0.05) is 35.0 Å². The second-order valence-corrected chi connectivity index (χ2v) is 4.76. The van der Waals surface area contributed by atoms with E-state index in [1.165, 1.54) is 5.56 Å². The van der Waals surface area contributed by atoms with E-state index in [0.717, 1.165) is 15.3 Å². The summed E-state index contributed by atoms with van der Waals surface area (Å²) in [5.41, 5.74) is 1.17. The van der Waals surface area contributed by atoms with E-state index in [1.807, 2.05) is 6.20 Å². The zero-order chi connectivity index (χ0) is 10.5. The Balaban J connectivity index is 1.99. The SMILES string of the molecule is Brc1cncc(CSc2cnccn2)c1. The summed E-state index contributed by atoms with van der Waals surface area (Å²) in [5.74, 6) is 0.852. The van der Waals surface area contributed by atoms with Gasteiger partial charge in [-0.1, -0.05) is 0 Å². The molecule has 2 aromatic rings. The lowest BCUT2D eigenvalue weighted by Gasteiger charge is -2.00. The number of nitrogens with zero attached hydrogens (tertiary/aromatic N) is 3. The summed E-state index contributed by atoms with van der Waals surface area (Å²) in [5, 5.41) is 0.928. The number of halogens is 1. The molecule has 0 N–H and O–H groups in total. The molecule has 0 unspecified atom stereocenters. The Morgan fingerprint density at radius 1 is 1.13 bits per heavy atom. The molecule has 0 fully saturated rings. The van der Waals surface area contributed by atoms with Crippen molar-refractivity contribution in [3.63, 3.8) is 0 Å². The Morgan fingerprint density at radius 3 is 2.80 bits per heavy atom. The third-order valence-corrected chi connectivity index (χ3v) is 3.11. The summed E-state index contributed by atoms with van der Waals surface area (Å²) in [6.07, 6.45) is 8.76. The maximum Gasteiger partial charge on any atom is 0.115 e. The van der Waals surface area contributed by atoms with Gasteiger partial charge in [-0.05, 0) is 27.6 Å². The summed E-state index contributed by atoms with van der Waals surface area (Å²) < 4.78 is 1.000. The molecule has 76 valence electrons. The van der Waals surface area contributed by atoms with Crippen LogP contribution in [0.4, 0.5) is 0 Å². The van der Waals surface area contributed by atoms with E-state index in [1.54, 1.807) is 36.5 Å².